The summed E-state index contributed by atoms with van der Waals surface area (Å²) in [6.45, 7) is 11.7. The molecule has 1 aliphatic rings. The molecule has 1 aliphatic heterocycles. The normalized spacial score (nSPS) is 18.4. The van der Waals surface area contributed by atoms with E-state index in [-0.39, 0.29) is 29.2 Å². The van der Waals surface area contributed by atoms with Crippen LogP contribution in [-0.4, -0.2) is 35.8 Å². The Morgan fingerprint density at radius 3 is 2.27 bits per heavy atom. The van der Waals surface area contributed by atoms with Crippen LogP contribution in [0.2, 0.25) is 6.82 Å². The van der Waals surface area contributed by atoms with E-state index < -0.39 is 10.8 Å². The second-order valence-corrected chi connectivity index (χ2v) is 9.15. The molecule has 2 amide bonds. The highest BCUT2D eigenvalue weighted by Crippen LogP contribution is 2.42. The maximum Gasteiger partial charge on any atom is 0.247 e. The van der Waals surface area contributed by atoms with Gasteiger partial charge >= 0.3 is 0 Å². The summed E-state index contributed by atoms with van der Waals surface area (Å²) < 4.78 is 0. The van der Waals surface area contributed by atoms with Gasteiger partial charge in [-0.2, -0.15) is 0 Å². The van der Waals surface area contributed by atoms with Crippen molar-refractivity contribution in [3.05, 3.63) is 29.8 Å². The van der Waals surface area contributed by atoms with E-state index in [2.05, 4.69) is 0 Å². The van der Waals surface area contributed by atoms with Crippen LogP contribution in [0.1, 0.15) is 46.6 Å². The Morgan fingerprint density at radius 2 is 1.77 bits per heavy atom. The van der Waals surface area contributed by atoms with E-state index in [1.165, 1.54) is 16.7 Å². The zero-order valence-corrected chi connectivity index (χ0v) is 17.3. The molecule has 0 N–H and O–H groups in total. The smallest absolute Gasteiger partial charge is 0.247 e. The summed E-state index contributed by atoms with van der Waals surface area (Å²) in [5.41, 5.74) is 0.737. The molecule has 1 saturated heterocycles. The van der Waals surface area contributed by atoms with Crippen LogP contribution < -0.4 is 4.90 Å². The van der Waals surface area contributed by atoms with Crippen molar-refractivity contribution in [2.75, 3.05) is 10.7 Å². The van der Waals surface area contributed by atoms with Gasteiger partial charge in [-0.1, -0.05) is 53.6 Å². The van der Waals surface area contributed by atoms with Gasteiger partial charge in [-0.3, -0.25) is 9.59 Å². The molecule has 1 fully saturated rings. The minimum atomic E-state index is -0.564. The molecule has 1 unspecified atom stereocenters. The van der Waals surface area contributed by atoms with Gasteiger partial charge in [0.1, 0.15) is 0 Å². The van der Waals surface area contributed by atoms with Crippen molar-refractivity contribution in [2.24, 2.45) is 5.41 Å². The number of amides is 2. The van der Waals surface area contributed by atoms with Crippen molar-refractivity contribution in [3.8, 4) is 0 Å². The van der Waals surface area contributed by atoms with Crippen molar-refractivity contribution in [2.45, 2.75) is 58.5 Å². The highest BCUT2D eigenvalue weighted by atomic mass is 32.2. The van der Waals surface area contributed by atoms with Crippen LogP contribution in [0, 0.1) is 5.41 Å². The fourth-order valence-corrected chi connectivity index (χ4v) is 4.17. The van der Waals surface area contributed by atoms with E-state index in [4.69, 9.17) is 0 Å². The number of imide groups is 1. The topological polar surface area (TPSA) is 54.5 Å². The molecule has 6 heteroatoms. The number of thioether (sulfide) groups is 1. The van der Waals surface area contributed by atoms with Crippen molar-refractivity contribution in [3.63, 3.8) is 0 Å². The summed E-state index contributed by atoms with van der Waals surface area (Å²) in [5, 5.41) is -0.278. The van der Waals surface area contributed by atoms with E-state index >= 15 is 0 Å². The highest BCUT2D eigenvalue weighted by Gasteiger charge is 2.43. The van der Waals surface area contributed by atoms with Crippen molar-refractivity contribution in [1.29, 1.82) is 0 Å². The van der Waals surface area contributed by atoms with Gasteiger partial charge in [0.25, 0.3) is 0 Å². The largest absolute Gasteiger partial charge is 0.311 e. The summed E-state index contributed by atoms with van der Waals surface area (Å²) in [7, 11) is 1.61. The second kappa shape index (κ2) is 7.59. The molecular formula is C20H27BNO3S. The third kappa shape index (κ3) is 3.48. The Bertz CT molecular complexity index is 712. The third-order valence-corrected chi connectivity index (χ3v) is 6.86. The van der Waals surface area contributed by atoms with Gasteiger partial charge in [0.2, 0.25) is 11.8 Å². The van der Waals surface area contributed by atoms with Gasteiger partial charge in [0, 0.05) is 17.3 Å². The Hall–Kier alpha value is -1.56. The molecular weight excluding hydrogens is 345 g/mol. The molecule has 139 valence electrons. The molecule has 0 bridgehead atoms. The molecule has 1 radical (unpaired) electrons. The molecule has 0 aromatic heterocycles. The average molecular weight is 372 g/mol. The lowest BCUT2D eigenvalue weighted by molar-refractivity contribution is -0.122. The molecule has 26 heavy (non-hydrogen) atoms. The number of carbonyl (C=O) groups excluding carboxylic acids is 3. The molecule has 1 aromatic carbocycles. The van der Waals surface area contributed by atoms with E-state index in [9.17, 15) is 14.4 Å². The van der Waals surface area contributed by atoms with Gasteiger partial charge in [-0.15, -0.1) is 11.8 Å². The zero-order valence-electron chi connectivity index (χ0n) is 16.5. The number of benzene rings is 1. The van der Waals surface area contributed by atoms with Gasteiger partial charge in [0.15, 0.2) is 7.28 Å². The number of rotatable bonds is 7. The Kier molecular flexibility index (Phi) is 6.06. The van der Waals surface area contributed by atoms with Crippen LogP contribution in [0.15, 0.2) is 24.3 Å². The summed E-state index contributed by atoms with van der Waals surface area (Å²) >= 11 is 1.51. The van der Waals surface area contributed by atoms with E-state index in [1.54, 1.807) is 14.1 Å². The molecule has 0 spiro atoms. The lowest BCUT2D eigenvalue weighted by Gasteiger charge is -2.41. The van der Waals surface area contributed by atoms with Crippen LogP contribution in [-0.2, 0) is 19.8 Å². The number of carbonyl (C=O) groups is 3. The standard InChI is InChI=1S/C20H27BNO3S/c1-7-26-15-12-16(23)22(17(15)24)14-10-8-13(9-11-14)19(2,3)20(4,5)18(25)21-6/h8-11,15H,7,12H2,1-6H3. The monoisotopic (exact) mass is 372 g/mol. The lowest BCUT2D eigenvalue weighted by Crippen LogP contribution is -2.44. The quantitative estimate of drug-likeness (QED) is 0.542. The molecule has 2 rings (SSSR count). The second-order valence-electron chi connectivity index (χ2n) is 7.67. The first kappa shape index (κ1) is 20.8. The van der Waals surface area contributed by atoms with Crippen LogP contribution >= 0.6 is 11.8 Å². The minimum Gasteiger partial charge on any atom is -0.311 e. The van der Waals surface area contributed by atoms with E-state index in [1.807, 2.05) is 58.9 Å². The number of nitrogens with zero attached hydrogens (tertiary/aromatic N) is 1. The lowest BCUT2D eigenvalue weighted by atomic mass is 9.53. The van der Waals surface area contributed by atoms with E-state index in [0.29, 0.717) is 5.69 Å². The maximum atomic E-state index is 12.5. The summed E-state index contributed by atoms with van der Waals surface area (Å²) in [4.78, 5) is 38.4. The Balaban J connectivity index is 2.30. The van der Waals surface area contributed by atoms with Gasteiger partial charge in [0.05, 0.1) is 16.6 Å². The first-order valence-corrected chi connectivity index (χ1v) is 10.1. The number of hydrogen-bond acceptors (Lipinski definition) is 4. The van der Waals surface area contributed by atoms with Gasteiger partial charge in [-0.05, 0) is 23.4 Å². The predicted octanol–water partition coefficient (Wildman–Crippen LogP) is 3.65. The van der Waals surface area contributed by atoms with Crippen LogP contribution in [0.4, 0.5) is 5.69 Å². The zero-order chi connectivity index (χ0) is 19.7. The average Bonchev–Trinajstić information content (AvgIpc) is 2.88. The first-order valence-electron chi connectivity index (χ1n) is 9.00. The van der Waals surface area contributed by atoms with Crippen LogP contribution in [0.5, 0.6) is 0 Å². The summed E-state index contributed by atoms with van der Waals surface area (Å²) in [6, 6.07) is 7.45. The molecule has 1 atom stereocenters. The van der Waals surface area contributed by atoms with Crippen molar-refractivity contribution in [1.82, 2.24) is 0 Å². The molecule has 0 saturated carbocycles. The maximum absolute atomic E-state index is 12.5. The number of hydrogen-bond donors (Lipinski definition) is 0. The summed E-state index contributed by atoms with van der Waals surface area (Å²) in [5.74, 6) is 0.524. The van der Waals surface area contributed by atoms with Crippen molar-refractivity contribution < 1.29 is 14.4 Å². The van der Waals surface area contributed by atoms with Crippen LogP contribution in [0.3, 0.4) is 0 Å². The Labute approximate surface area is 161 Å². The van der Waals surface area contributed by atoms with Gasteiger partial charge in [-0.25, -0.2) is 4.90 Å². The van der Waals surface area contributed by atoms with Gasteiger partial charge < -0.3 is 4.79 Å². The van der Waals surface area contributed by atoms with Crippen molar-refractivity contribution >= 4 is 42.2 Å². The molecule has 1 heterocycles. The highest BCUT2D eigenvalue weighted by molar-refractivity contribution is 8.00. The predicted molar refractivity (Wildman–Crippen MR) is 109 cm³/mol. The van der Waals surface area contributed by atoms with Crippen LogP contribution in [0.25, 0.3) is 0 Å². The minimum absolute atomic E-state index is 0.0934. The molecule has 1 aromatic rings. The fraction of sp³-hybridized carbons (Fsp3) is 0.550. The summed E-state index contributed by atoms with van der Waals surface area (Å²) in [6.07, 6.45) is 0.262. The molecule has 4 nitrogen and oxygen atoms in total. The Morgan fingerprint density at radius 1 is 1.19 bits per heavy atom. The fourth-order valence-electron chi connectivity index (χ4n) is 3.26. The third-order valence-electron chi connectivity index (χ3n) is 5.76. The van der Waals surface area contributed by atoms with E-state index in [0.717, 1.165) is 11.3 Å². The number of anilines is 1. The SMILES string of the molecule is C[B]C(=O)C(C)(C)C(C)(C)c1ccc(N2C(=O)CC(SCC)C2=O)cc1. The molecule has 0 aliphatic carbocycles. The first-order chi connectivity index (χ1) is 12.1.